The molecule has 1 N–H and O–H groups in total. The Morgan fingerprint density at radius 1 is 1.30 bits per heavy atom. The maximum absolute atomic E-state index is 6.16. The van der Waals surface area contributed by atoms with E-state index in [1.165, 1.54) is 5.56 Å². The molecular formula is C15H19ClN4. The van der Waals surface area contributed by atoms with Gasteiger partial charge in [-0.1, -0.05) is 31.5 Å². The molecule has 106 valence electrons. The average Bonchev–Trinajstić information content (AvgIpc) is 2.44. The van der Waals surface area contributed by atoms with Crippen LogP contribution in [0.3, 0.4) is 0 Å². The van der Waals surface area contributed by atoms with Gasteiger partial charge in [-0.15, -0.1) is 0 Å². The SMILES string of the molecule is Cc1c(Cl)nc(C(C)C)nc1NCCc1cccnc1. The van der Waals surface area contributed by atoms with Crippen LogP contribution in [0.25, 0.3) is 0 Å². The Morgan fingerprint density at radius 3 is 2.75 bits per heavy atom. The van der Waals surface area contributed by atoms with Crippen molar-refractivity contribution in [1.29, 1.82) is 0 Å². The van der Waals surface area contributed by atoms with E-state index in [4.69, 9.17) is 11.6 Å². The Hall–Kier alpha value is -1.68. The van der Waals surface area contributed by atoms with E-state index in [0.717, 1.165) is 30.2 Å². The lowest BCUT2D eigenvalue weighted by Crippen LogP contribution is -2.11. The van der Waals surface area contributed by atoms with E-state index in [9.17, 15) is 0 Å². The van der Waals surface area contributed by atoms with E-state index < -0.39 is 0 Å². The fourth-order valence-electron chi connectivity index (χ4n) is 1.81. The summed E-state index contributed by atoms with van der Waals surface area (Å²) in [4.78, 5) is 12.9. The van der Waals surface area contributed by atoms with Crippen molar-refractivity contribution in [2.24, 2.45) is 0 Å². The Morgan fingerprint density at radius 2 is 2.10 bits per heavy atom. The number of nitrogens with one attached hydrogen (secondary N) is 1. The molecule has 0 aliphatic rings. The fraction of sp³-hybridized carbons (Fsp3) is 0.400. The first-order valence-electron chi connectivity index (χ1n) is 6.74. The molecule has 0 fully saturated rings. The van der Waals surface area contributed by atoms with Crippen molar-refractivity contribution in [3.05, 3.63) is 46.6 Å². The minimum absolute atomic E-state index is 0.256. The molecule has 0 aliphatic heterocycles. The molecule has 0 bridgehead atoms. The standard InChI is InChI=1S/C15H19ClN4/c1-10(2)14-19-13(16)11(3)15(20-14)18-8-6-12-5-4-7-17-9-12/h4-5,7,9-10H,6,8H2,1-3H3,(H,18,19,20). The lowest BCUT2D eigenvalue weighted by atomic mass is 10.2. The topological polar surface area (TPSA) is 50.7 Å². The zero-order valence-corrected chi connectivity index (χ0v) is 12.8. The first-order valence-corrected chi connectivity index (χ1v) is 7.12. The molecule has 0 aliphatic carbocycles. The molecule has 0 saturated heterocycles. The predicted molar refractivity (Wildman–Crippen MR) is 82.3 cm³/mol. The zero-order chi connectivity index (χ0) is 14.5. The van der Waals surface area contributed by atoms with E-state index >= 15 is 0 Å². The maximum Gasteiger partial charge on any atom is 0.137 e. The lowest BCUT2D eigenvalue weighted by molar-refractivity contribution is 0.771. The van der Waals surface area contributed by atoms with Crippen LogP contribution in [-0.4, -0.2) is 21.5 Å². The van der Waals surface area contributed by atoms with Crippen LogP contribution in [0.1, 0.15) is 36.7 Å². The van der Waals surface area contributed by atoms with Crippen LogP contribution in [0.15, 0.2) is 24.5 Å². The van der Waals surface area contributed by atoms with Gasteiger partial charge in [-0.2, -0.15) is 0 Å². The Bertz CT molecular complexity index is 570. The molecule has 2 heterocycles. The second kappa shape index (κ2) is 6.66. The number of hydrogen-bond donors (Lipinski definition) is 1. The van der Waals surface area contributed by atoms with Gasteiger partial charge >= 0.3 is 0 Å². The summed E-state index contributed by atoms with van der Waals surface area (Å²) >= 11 is 6.16. The molecule has 5 heteroatoms. The van der Waals surface area contributed by atoms with Crippen LogP contribution in [0.5, 0.6) is 0 Å². The molecule has 2 aromatic rings. The third-order valence-corrected chi connectivity index (χ3v) is 3.42. The fourth-order valence-corrected chi connectivity index (χ4v) is 1.98. The van der Waals surface area contributed by atoms with Crippen LogP contribution in [0.2, 0.25) is 5.15 Å². The smallest absolute Gasteiger partial charge is 0.137 e. The molecule has 0 aromatic carbocycles. The Balaban J connectivity index is 2.05. The number of rotatable bonds is 5. The number of aromatic nitrogens is 3. The number of halogens is 1. The summed E-state index contributed by atoms with van der Waals surface area (Å²) in [7, 11) is 0. The molecule has 2 rings (SSSR count). The van der Waals surface area contributed by atoms with Gasteiger partial charge in [-0.25, -0.2) is 9.97 Å². The van der Waals surface area contributed by atoms with Crippen molar-refractivity contribution in [2.45, 2.75) is 33.1 Å². The third kappa shape index (κ3) is 3.67. The molecule has 0 unspecified atom stereocenters. The molecule has 4 nitrogen and oxygen atoms in total. The minimum atomic E-state index is 0.256. The van der Waals surface area contributed by atoms with Crippen molar-refractivity contribution in [1.82, 2.24) is 15.0 Å². The van der Waals surface area contributed by atoms with Crippen molar-refractivity contribution in [3.8, 4) is 0 Å². The number of pyridine rings is 1. The van der Waals surface area contributed by atoms with Gasteiger partial charge in [0.15, 0.2) is 0 Å². The maximum atomic E-state index is 6.16. The van der Waals surface area contributed by atoms with Gasteiger partial charge in [-0.3, -0.25) is 4.98 Å². The molecule has 20 heavy (non-hydrogen) atoms. The predicted octanol–water partition coefficient (Wildman–Crippen LogP) is 3.61. The number of nitrogens with zero attached hydrogens (tertiary/aromatic N) is 3. The molecular weight excluding hydrogens is 272 g/mol. The lowest BCUT2D eigenvalue weighted by Gasteiger charge is -2.12. The Kier molecular flexibility index (Phi) is 4.90. The summed E-state index contributed by atoms with van der Waals surface area (Å²) in [5, 5.41) is 3.86. The summed E-state index contributed by atoms with van der Waals surface area (Å²) in [6.45, 7) is 6.83. The monoisotopic (exact) mass is 290 g/mol. The van der Waals surface area contributed by atoms with Gasteiger partial charge in [0, 0.05) is 30.4 Å². The third-order valence-electron chi connectivity index (χ3n) is 3.05. The van der Waals surface area contributed by atoms with Gasteiger partial charge in [0.25, 0.3) is 0 Å². The summed E-state index contributed by atoms with van der Waals surface area (Å²) in [5.41, 5.74) is 2.09. The molecule has 0 spiro atoms. The largest absolute Gasteiger partial charge is 0.369 e. The van der Waals surface area contributed by atoms with Crippen LogP contribution >= 0.6 is 11.6 Å². The van der Waals surface area contributed by atoms with Crippen LogP contribution in [-0.2, 0) is 6.42 Å². The normalized spacial score (nSPS) is 10.8. The summed E-state index contributed by atoms with van der Waals surface area (Å²) < 4.78 is 0. The second-order valence-corrected chi connectivity index (χ2v) is 5.40. The quantitative estimate of drug-likeness (QED) is 0.855. The second-order valence-electron chi connectivity index (χ2n) is 5.04. The first-order chi connectivity index (χ1) is 9.58. The van der Waals surface area contributed by atoms with Crippen molar-refractivity contribution < 1.29 is 0 Å². The molecule has 2 aromatic heterocycles. The van der Waals surface area contributed by atoms with E-state index in [2.05, 4.69) is 40.2 Å². The summed E-state index contributed by atoms with van der Waals surface area (Å²) in [6, 6.07) is 4.01. The summed E-state index contributed by atoms with van der Waals surface area (Å²) in [5.74, 6) is 1.84. The minimum Gasteiger partial charge on any atom is -0.369 e. The molecule has 0 radical (unpaired) electrons. The van der Waals surface area contributed by atoms with Gasteiger partial charge in [0.1, 0.15) is 16.8 Å². The van der Waals surface area contributed by atoms with Gasteiger partial charge in [0.05, 0.1) is 0 Å². The Labute approximate surface area is 124 Å². The van der Waals surface area contributed by atoms with Crippen molar-refractivity contribution in [2.75, 3.05) is 11.9 Å². The van der Waals surface area contributed by atoms with Gasteiger partial charge in [-0.05, 0) is 25.0 Å². The van der Waals surface area contributed by atoms with Crippen molar-refractivity contribution >= 4 is 17.4 Å². The van der Waals surface area contributed by atoms with Crippen LogP contribution in [0.4, 0.5) is 5.82 Å². The van der Waals surface area contributed by atoms with E-state index in [-0.39, 0.29) is 5.92 Å². The highest BCUT2D eigenvalue weighted by molar-refractivity contribution is 6.30. The molecule has 0 amide bonds. The highest BCUT2D eigenvalue weighted by atomic mass is 35.5. The van der Waals surface area contributed by atoms with Crippen LogP contribution < -0.4 is 5.32 Å². The van der Waals surface area contributed by atoms with Crippen molar-refractivity contribution in [3.63, 3.8) is 0 Å². The van der Waals surface area contributed by atoms with E-state index in [1.807, 2.05) is 19.2 Å². The summed E-state index contributed by atoms with van der Waals surface area (Å²) in [6.07, 6.45) is 4.55. The van der Waals surface area contributed by atoms with Gasteiger partial charge < -0.3 is 5.32 Å². The van der Waals surface area contributed by atoms with Gasteiger partial charge in [0.2, 0.25) is 0 Å². The van der Waals surface area contributed by atoms with Crippen LogP contribution in [0, 0.1) is 6.92 Å². The molecule has 0 atom stereocenters. The molecule has 0 saturated carbocycles. The highest BCUT2D eigenvalue weighted by Crippen LogP contribution is 2.22. The number of hydrogen-bond acceptors (Lipinski definition) is 4. The highest BCUT2D eigenvalue weighted by Gasteiger charge is 2.11. The van der Waals surface area contributed by atoms with E-state index in [1.54, 1.807) is 6.20 Å². The number of anilines is 1. The average molecular weight is 291 g/mol. The zero-order valence-electron chi connectivity index (χ0n) is 12.0. The van der Waals surface area contributed by atoms with E-state index in [0.29, 0.717) is 5.15 Å². The first kappa shape index (κ1) is 14.7.